The molecule has 1 aromatic heterocycles. The van der Waals surface area contributed by atoms with E-state index in [9.17, 15) is 0 Å². The maximum atomic E-state index is 6.18. The van der Waals surface area contributed by atoms with Crippen molar-refractivity contribution >= 4 is 22.6 Å². The van der Waals surface area contributed by atoms with Crippen molar-refractivity contribution in [1.82, 2.24) is 0 Å². The van der Waals surface area contributed by atoms with Crippen LogP contribution in [0.3, 0.4) is 0 Å². The number of hydrogen-bond acceptors (Lipinski definition) is 1. The largest absolute Gasteiger partial charge is 0.464 e. The van der Waals surface area contributed by atoms with Gasteiger partial charge in [0.1, 0.15) is 5.58 Å². The van der Waals surface area contributed by atoms with E-state index >= 15 is 0 Å². The first-order chi connectivity index (χ1) is 7.86. The Hall–Kier alpha value is -1.73. The lowest BCUT2D eigenvalue weighted by molar-refractivity contribution is 0.617. The van der Waals surface area contributed by atoms with E-state index in [2.05, 4.69) is 0 Å². The summed E-state index contributed by atoms with van der Waals surface area (Å²) in [5.74, 6) is 0. The van der Waals surface area contributed by atoms with Gasteiger partial charge in [0.25, 0.3) is 0 Å². The molecule has 0 unspecified atom stereocenters. The Morgan fingerprint density at radius 2 is 1.62 bits per heavy atom. The molecule has 0 bridgehead atoms. The maximum Gasteiger partial charge on any atom is 0.141 e. The molecule has 0 aliphatic heterocycles. The number of furan rings is 1. The summed E-state index contributed by atoms with van der Waals surface area (Å²) in [6, 6.07) is 15.8. The highest BCUT2D eigenvalue weighted by Crippen LogP contribution is 2.33. The molecule has 0 spiro atoms. The van der Waals surface area contributed by atoms with Gasteiger partial charge in [0, 0.05) is 21.5 Å². The van der Waals surface area contributed by atoms with E-state index in [1.807, 2.05) is 48.5 Å². The van der Waals surface area contributed by atoms with Crippen LogP contribution in [0.1, 0.15) is 0 Å². The minimum atomic E-state index is 0.742. The van der Waals surface area contributed by atoms with Crippen molar-refractivity contribution in [3.8, 4) is 11.1 Å². The number of para-hydroxylation sites is 1. The minimum Gasteiger partial charge on any atom is -0.464 e. The van der Waals surface area contributed by atoms with E-state index in [1.54, 1.807) is 6.26 Å². The van der Waals surface area contributed by atoms with Crippen LogP contribution in [-0.2, 0) is 0 Å². The predicted molar refractivity (Wildman–Crippen MR) is 66.7 cm³/mol. The van der Waals surface area contributed by atoms with Gasteiger partial charge in [-0.25, -0.2) is 0 Å². The fraction of sp³-hybridized carbons (Fsp3) is 0. The van der Waals surface area contributed by atoms with Gasteiger partial charge >= 0.3 is 0 Å². The monoisotopic (exact) mass is 228 g/mol. The lowest BCUT2D eigenvalue weighted by Gasteiger charge is -2.04. The van der Waals surface area contributed by atoms with Crippen molar-refractivity contribution in [2.45, 2.75) is 0 Å². The Morgan fingerprint density at radius 3 is 2.50 bits per heavy atom. The average Bonchev–Trinajstić information content (AvgIpc) is 2.77. The minimum absolute atomic E-state index is 0.742. The molecular formula is C14H9ClO. The number of halogens is 1. The highest BCUT2D eigenvalue weighted by molar-refractivity contribution is 6.33. The summed E-state index contributed by atoms with van der Waals surface area (Å²) in [5, 5.41) is 1.84. The summed E-state index contributed by atoms with van der Waals surface area (Å²) in [6.45, 7) is 0. The number of rotatable bonds is 1. The van der Waals surface area contributed by atoms with Gasteiger partial charge < -0.3 is 4.42 Å². The topological polar surface area (TPSA) is 13.1 Å². The highest BCUT2D eigenvalue weighted by atomic mass is 35.5. The van der Waals surface area contributed by atoms with Gasteiger partial charge in [-0.2, -0.15) is 0 Å². The maximum absolute atomic E-state index is 6.18. The molecule has 2 aromatic carbocycles. The molecule has 0 amide bonds. The molecule has 2 heteroatoms. The second kappa shape index (κ2) is 3.69. The Morgan fingerprint density at radius 1 is 0.812 bits per heavy atom. The smallest absolute Gasteiger partial charge is 0.141 e. The fourth-order valence-electron chi connectivity index (χ4n) is 1.88. The number of benzene rings is 2. The van der Waals surface area contributed by atoms with Crippen LogP contribution in [0.15, 0.2) is 59.2 Å². The van der Waals surface area contributed by atoms with Crippen LogP contribution >= 0.6 is 11.6 Å². The van der Waals surface area contributed by atoms with Crippen molar-refractivity contribution < 1.29 is 4.42 Å². The van der Waals surface area contributed by atoms with Gasteiger partial charge in [-0.3, -0.25) is 0 Å². The van der Waals surface area contributed by atoms with Crippen molar-refractivity contribution in [2.75, 3.05) is 0 Å². The molecule has 78 valence electrons. The summed E-state index contributed by atoms with van der Waals surface area (Å²) >= 11 is 6.18. The van der Waals surface area contributed by atoms with Crippen LogP contribution in [0.4, 0.5) is 0 Å². The van der Waals surface area contributed by atoms with Crippen molar-refractivity contribution in [2.24, 2.45) is 0 Å². The van der Waals surface area contributed by atoms with Gasteiger partial charge in [0.15, 0.2) is 0 Å². The first-order valence-electron chi connectivity index (χ1n) is 5.07. The molecular weight excluding hydrogens is 220 g/mol. The fourth-order valence-corrected chi connectivity index (χ4v) is 2.12. The zero-order valence-corrected chi connectivity index (χ0v) is 9.24. The first kappa shape index (κ1) is 9.49. The van der Waals surface area contributed by atoms with Crippen LogP contribution in [0.5, 0.6) is 0 Å². The second-order valence-corrected chi connectivity index (χ2v) is 4.03. The molecule has 0 aliphatic carbocycles. The SMILES string of the molecule is Clc1ccccc1-c1cccc2ccoc12. The number of fused-ring (bicyclic) bond motifs is 1. The molecule has 3 rings (SSSR count). The Kier molecular flexibility index (Phi) is 2.19. The van der Waals surface area contributed by atoms with Gasteiger partial charge in [0.05, 0.1) is 6.26 Å². The van der Waals surface area contributed by atoms with E-state index in [4.69, 9.17) is 16.0 Å². The summed E-state index contributed by atoms with van der Waals surface area (Å²) < 4.78 is 5.50. The zero-order valence-electron chi connectivity index (χ0n) is 8.48. The van der Waals surface area contributed by atoms with E-state index in [-0.39, 0.29) is 0 Å². The van der Waals surface area contributed by atoms with Crippen molar-refractivity contribution in [3.63, 3.8) is 0 Å². The summed E-state index contributed by atoms with van der Waals surface area (Å²) in [5.41, 5.74) is 2.92. The lowest BCUT2D eigenvalue weighted by Crippen LogP contribution is -1.79. The van der Waals surface area contributed by atoms with Gasteiger partial charge in [-0.05, 0) is 12.1 Å². The van der Waals surface area contributed by atoms with Crippen LogP contribution < -0.4 is 0 Å². The van der Waals surface area contributed by atoms with E-state index < -0.39 is 0 Å². The lowest BCUT2D eigenvalue weighted by atomic mass is 10.0. The Labute approximate surface area is 98.3 Å². The average molecular weight is 229 g/mol. The molecule has 0 N–H and O–H groups in total. The van der Waals surface area contributed by atoms with Crippen molar-refractivity contribution in [3.05, 3.63) is 59.8 Å². The van der Waals surface area contributed by atoms with Gasteiger partial charge in [-0.15, -0.1) is 0 Å². The summed E-state index contributed by atoms with van der Waals surface area (Å²) in [4.78, 5) is 0. The third kappa shape index (κ3) is 1.41. The molecule has 1 nitrogen and oxygen atoms in total. The molecule has 3 aromatic rings. The van der Waals surface area contributed by atoms with E-state index in [1.165, 1.54) is 0 Å². The van der Waals surface area contributed by atoms with E-state index in [0.717, 1.165) is 27.1 Å². The molecule has 0 atom stereocenters. The molecule has 0 radical (unpaired) electrons. The molecule has 16 heavy (non-hydrogen) atoms. The predicted octanol–water partition coefficient (Wildman–Crippen LogP) is 4.75. The highest BCUT2D eigenvalue weighted by Gasteiger charge is 2.08. The van der Waals surface area contributed by atoms with Crippen molar-refractivity contribution in [1.29, 1.82) is 0 Å². The molecule has 1 heterocycles. The standard InChI is InChI=1S/C14H9ClO/c15-13-7-2-1-5-11(13)12-6-3-4-10-8-9-16-14(10)12/h1-9H. The molecule has 0 saturated carbocycles. The third-order valence-corrected chi connectivity index (χ3v) is 2.97. The van der Waals surface area contributed by atoms with Crippen LogP contribution in [0, 0.1) is 0 Å². The Balaban J connectivity index is 2.34. The quantitative estimate of drug-likeness (QED) is 0.586. The Bertz CT molecular complexity index is 640. The summed E-state index contributed by atoms with van der Waals surface area (Å²) in [6.07, 6.45) is 1.70. The first-order valence-corrected chi connectivity index (χ1v) is 5.45. The molecule has 0 aliphatic rings. The zero-order chi connectivity index (χ0) is 11.0. The molecule has 0 fully saturated rings. The number of hydrogen-bond donors (Lipinski definition) is 0. The van der Waals surface area contributed by atoms with Crippen LogP contribution in [0.2, 0.25) is 5.02 Å². The normalized spacial score (nSPS) is 10.8. The van der Waals surface area contributed by atoms with Gasteiger partial charge in [0.2, 0.25) is 0 Å². The second-order valence-electron chi connectivity index (χ2n) is 3.62. The third-order valence-electron chi connectivity index (χ3n) is 2.64. The van der Waals surface area contributed by atoms with Crippen LogP contribution in [-0.4, -0.2) is 0 Å². The van der Waals surface area contributed by atoms with E-state index in [0.29, 0.717) is 0 Å². The van der Waals surface area contributed by atoms with Gasteiger partial charge in [-0.1, -0.05) is 48.0 Å². The summed E-state index contributed by atoms with van der Waals surface area (Å²) in [7, 11) is 0. The molecule has 0 saturated heterocycles. The van der Waals surface area contributed by atoms with Crippen LogP contribution in [0.25, 0.3) is 22.1 Å².